The molecule has 0 N–H and O–H groups in total. The lowest BCUT2D eigenvalue weighted by molar-refractivity contribution is 0.439. The fourth-order valence-corrected chi connectivity index (χ4v) is 1.18. The number of nitrogens with zero attached hydrogens (tertiary/aromatic N) is 4. The highest BCUT2D eigenvalue weighted by Crippen LogP contribution is 2.19. The van der Waals surface area contributed by atoms with Crippen LogP contribution in [-0.2, 0) is 7.05 Å². The number of aryl methyl sites for hydroxylation is 1. The van der Waals surface area contributed by atoms with Gasteiger partial charge >= 0.3 is 6.01 Å². The molecule has 72 valence electrons. The van der Waals surface area contributed by atoms with Gasteiger partial charge in [-0.25, -0.2) is 0 Å². The monoisotopic (exact) mass is 254 g/mol. The predicted molar refractivity (Wildman–Crippen MR) is 53.0 cm³/mol. The Morgan fingerprint density at radius 3 is 2.57 bits per heavy atom. The average Bonchev–Trinajstić information content (AvgIpc) is 2.56. The van der Waals surface area contributed by atoms with Gasteiger partial charge in [0, 0.05) is 4.47 Å². The lowest BCUT2D eigenvalue weighted by Crippen LogP contribution is -1.92. The van der Waals surface area contributed by atoms with E-state index in [0.29, 0.717) is 5.75 Å². The van der Waals surface area contributed by atoms with Crippen LogP contribution < -0.4 is 4.74 Å². The zero-order valence-electron chi connectivity index (χ0n) is 7.38. The fraction of sp³-hybridized carbons (Fsp3) is 0.125. The Labute approximate surface area is 88.8 Å². The van der Waals surface area contributed by atoms with Gasteiger partial charge in [-0.15, -0.1) is 0 Å². The number of halogens is 1. The second-order valence-corrected chi connectivity index (χ2v) is 3.53. The van der Waals surface area contributed by atoms with Crippen LogP contribution in [0.3, 0.4) is 0 Å². The SMILES string of the molecule is Cn1nnc(Oc2ccc(Br)cc2)n1. The molecule has 1 aromatic heterocycles. The number of aromatic nitrogens is 4. The summed E-state index contributed by atoms with van der Waals surface area (Å²) < 4.78 is 6.32. The molecule has 2 aromatic rings. The number of hydrogen-bond acceptors (Lipinski definition) is 4. The van der Waals surface area contributed by atoms with E-state index in [9.17, 15) is 0 Å². The molecule has 0 saturated heterocycles. The molecule has 1 heterocycles. The summed E-state index contributed by atoms with van der Waals surface area (Å²) in [4.78, 5) is 1.34. The third-order valence-electron chi connectivity index (χ3n) is 1.51. The fourth-order valence-electron chi connectivity index (χ4n) is 0.916. The van der Waals surface area contributed by atoms with Crippen LogP contribution >= 0.6 is 15.9 Å². The topological polar surface area (TPSA) is 52.8 Å². The van der Waals surface area contributed by atoms with Crippen molar-refractivity contribution in [2.45, 2.75) is 0 Å². The van der Waals surface area contributed by atoms with Crippen LogP contribution in [0.25, 0.3) is 0 Å². The maximum Gasteiger partial charge on any atom is 0.361 e. The van der Waals surface area contributed by atoms with Crippen molar-refractivity contribution in [3.63, 3.8) is 0 Å². The summed E-state index contributed by atoms with van der Waals surface area (Å²) in [6.07, 6.45) is 0. The van der Waals surface area contributed by atoms with Gasteiger partial charge in [0.15, 0.2) is 0 Å². The molecule has 5 nitrogen and oxygen atoms in total. The average molecular weight is 255 g/mol. The van der Waals surface area contributed by atoms with Gasteiger partial charge in [0.2, 0.25) is 0 Å². The van der Waals surface area contributed by atoms with Crippen molar-refractivity contribution in [1.82, 2.24) is 20.2 Å². The molecule has 0 radical (unpaired) electrons. The molecule has 0 aliphatic rings. The van der Waals surface area contributed by atoms with Gasteiger partial charge in [0.1, 0.15) is 5.75 Å². The molecule has 1 aromatic carbocycles. The minimum absolute atomic E-state index is 0.245. The van der Waals surface area contributed by atoms with Crippen LogP contribution in [0.2, 0.25) is 0 Å². The Morgan fingerprint density at radius 1 is 1.29 bits per heavy atom. The summed E-state index contributed by atoms with van der Waals surface area (Å²) in [5.74, 6) is 0.682. The van der Waals surface area contributed by atoms with Gasteiger partial charge in [0.05, 0.1) is 7.05 Å². The smallest absolute Gasteiger partial charge is 0.361 e. The Balaban J connectivity index is 2.15. The number of hydrogen-bond donors (Lipinski definition) is 0. The van der Waals surface area contributed by atoms with Crippen molar-refractivity contribution in [3.8, 4) is 11.8 Å². The Bertz CT molecular complexity index is 425. The Morgan fingerprint density at radius 2 is 2.00 bits per heavy atom. The highest BCUT2D eigenvalue weighted by Gasteiger charge is 2.02. The third-order valence-corrected chi connectivity index (χ3v) is 2.04. The lowest BCUT2D eigenvalue weighted by atomic mass is 10.3. The largest absolute Gasteiger partial charge is 0.422 e. The minimum Gasteiger partial charge on any atom is -0.422 e. The van der Waals surface area contributed by atoms with E-state index in [1.54, 1.807) is 7.05 Å². The van der Waals surface area contributed by atoms with Gasteiger partial charge in [-0.3, -0.25) is 0 Å². The molecule has 2 rings (SSSR count). The maximum atomic E-state index is 5.33. The van der Waals surface area contributed by atoms with Gasteiger partial charge in [-0.2, -0.15) is 4.80 Å². The first-order valence-corrected chi connectivity index (χ1v) is 4.71. The molecule has 0 unspecified atom stereocenters. The number of benzene rings is 1. The van der Waals surface area contributed by atoms with E-state index in [1.165, 1.54) is 4.80 Å². The number of ether oxygens (including phenoxy) is 1. The second kappa shape index (κ2) is 3.75. The molecule has 0 aliphatic heterocycles. The van der Waals surface area contributed by atoms with Crippen molar-refractivity contribution in [3.05, 3.63) is 28.7 Å². The van der Waals surface area contributed by atoms with Crippen LogP contribution in [-0.4, -0.2) is 20.2 Å². The first-order valence-electron chi connectivity index (χ1n) is 3.91. The van der Waals surface area contributed by atoms with Crippen molar-refractivity contribution in [2.24, 2.45) is 7.05 Å². The molecule has 0 atom stereocenters. The standard InChI is InChI=1S/C8H7BrN4O/c1-13-11-8(10-12-13)14-7-4-2-6(9)3-5-7/h2-5H,1H3. The van der Waals surface area contributed by atoms with Crippen LogP contribution in [0, 0.1) is 0 Å². The van der Waals surface area contributed by atoms with E-state index in [2.05, 4.69) is 31.3 Å². The summed E-state index contributed by atoms with van der Waals surface area (Å²) in [6.45, 7) is 0. The quantitative estimate of drug-likeness (QED) is 0.820. The van der Waals surface area contributed by atoms with E-state index in [0.717, 1.165) is 4.47 Å². The number of tetrazole rings is 1. The molecule has 0 spiro atoms. The van der Waals surface area contributed by atoms with Crippen LogP contribution in [0.1, 0.15) is 0 Å². The summed E-state index contributed by atoms with van der Waals surface area (Å²) >= 11 is 3.33. The minimum atomic E-state index is 0.245. The summed E-state index contributed by atoms with van der Waals surface area (Å²) in [5.41, 5.74) is 0. The van der Waals surface area contributed by atoms with Crippen molar-refractivity contribution >= 4 is 15.9 Å². The summed E-state index contributed by atoms with van der Waals surface area (Å²) in [5, 5.41) is 11.2. The summed E-state index contributed by atoms with van der Waals surface area (Å²) in [7, 11) is 1.68. The predicted octanol–water partition coefficient (Wildman–Crippen LogP) is 1.76. The van der Waals surface area contributed by atoms with Gasteiger partial charge in [-0.1, -0.05) is 26.1 Å². The van der Waals surface area contributed by atoms with Crippen molar-refractivity contribution in [1.29, 1.82) is 0 Å². The molecule has 0 amide bonds. The highest BCUT2D eigenvalue weighted by molar-refractivity contribution is 9.10. The molecule has 0 fully saturated rings. The van der Waals surface area contributed by atoms with E-state index in [1.807, 2.05) is 24.3 Å². The molecular weight excluding hydrogens is 248 g/mol. The number of rotatable bonds is 2. The second-order valence-electron chi connectivity index (χ2n) is 2.62. The van der Waals surface area contributed by atoms with E-state index < -0.39 is 0 Å². The van der Waals surface area contributed by atoms with E-state index in [-0.39, 0.29) is 6.01 Å². The van der Waals surface area contributed by atoms with Gasteiger partial charge in [0.25, 0.3) is 0 Å². The first-order chi connectivity index (χ1) is 6.74. The normalized spacial score (nSPS) is 10.1. The molecule has 0 aliphatic carbocycles. The van der Waals surface area contributed by atoms with E-state index in [4.69, 9.17) is 4.74 Å². The molecule has 14 heavy (non-hydrogen) atoms. The molecule has 0 bridgehead atoms. The highest BCUT2D eigenvalue weighted by atomic mass is 79.9. The Hall–Kier alpha value is -1.43. The van der Waals surface area contributed by atoms with E-state index >= 15 is 0 Å². The van der Waals surface area contributed by atoms with Crippen molar-refractivity contribution in [2.75, 3.05) is 0 Å². The first kappa shape index (κ1) is 9.14. The lowest BCUT2D eigenvalue weighted by Gasteiger charge is -1.98. The molecule has 6 heteroatoms. The van der Waals surface area contributed by atoms with Crippen molar-refractivity contribution < 1.29 is 4.74 Å². The zero-order valence-corrected chi connectivity index (χ0v) is 8.97. The van der Waals surface area contributed by atoms with Gasteiger partial charge in [-0.05, 0) is 29.5 Å². The Kier molecular flexibility index (Phi) is 2.45. The third kappa shape index (κ3) is 2.08. The molecular formula is C8H7BrN4O. The molecule has 0 saturated carbocycles. The summed E-state index contributed by atoms with van der Waals surface area (Å²) in [6, 6.07) is 7.65. The maximum absolute atomic E-state index is 5.33. The van der Waals surface area contributed by atoms with Crippen LogP contribution in [0.5, 0.6) is 11.8 Å². The van der Waals surface area contributed by atoms with Crippen LogP contribution in [0.4, 0.5) is 0 Å². The zero-order chi connectivity index (χ0) is 9.97. The van der Waals surface area contributed by atoms with Gasteiger partial charge < -0.3 is 4.74 Å². The van der Waals surface area contributed by atoms with Crippen LogP contribution in [0.15, 0.2) is 28.7 Å².